The van der Waals surface area contributed by atoms with Gasteiger partial charge in [-0.2, -0.15) is 0 Å². The van der Waals surface area contributed by atoms with Gasteiger partial charge in [0, 0.05) is 12.6 Å². The zero-order valence-electron chi connectivity index (χ0n) is 15.4. The molecular weight excluding hydrogens is 368 g/mol. The van der Waals surface area contributed by atoms with Crippen LogP contribution in [0.15, 0.2) is 53.4 Å². The maximum atomic E-state index is 13.2. The second-order valence-corrected chi connectivity index (χ2v) is 7.67. The van der Waals surface area contributed by atoms with E-state index in [2.05, 4.69) is 5.32 Å². The number of nitrogens with zero attached hydrogens (tertiary/aromatic N) is 1. The third-order valence-corrected chi connectivity index (χ3v) is 5.50. The lowest BCUT2D eigenvalue weighted by Crippen LogP contribution is -2.37. The van der Waals surface area contributed by atoms with Crippen LogP contribution in [0.5, 0.6) is 0 Å². The van der Waals surface area contributed by atoms with Crippen LogP contribution in [-0.4, -0.2) is 33.4 Å². The molecule has 0 bridgehead atoms. The average Bonchev–Trinajstić information content (AvgIpc) is 2.60. The molecule has 2 aromatic carbocycles. The van der Waals surface area contributed by atoms with Crippen molar-refractivity contribution < 1.29 is 22.7 Å². The average molecular weight is 390 g/mol. The van der Waals surface area contributed by atoms with E-state index in [9.17, 15) is 18.0 Å². The summed E-state index contributed by atoms with van der Waals surface area (Å²) in [5, 5.41) is 2.58. The Morgan fingerprint density at radius 3 is 2.26 bits per heavy atom. The molecule has 0 heterocycles. The molecule has 0 aromatic heterocycles. The van der Waals surface area contributed by atoms with Crippen LogP contribution in [-0.2, 0) is 24.3 Å². The van der Waals surface area contributed by atoms with Crippen molar-refractivity contribution in [1.29, 1.82) is 0 Å². The minimum Gasteiger partial charge on any atom is -0.465 e. The maximum absolute atomic E-state index is 13.2. The molecular formula is C19H22N2O5S. The fraction of sp³-hybridized carbons (Fsp3) is 0.263. The van der Waals surface area contributed by atoms with Crippen LogP contribution in [0, 0.1) is 6.92 Å². The van der Waals surface area contributed by atoms with Crippen LogP contribution >= 0.6 is 0 Å². The first-order chi connectivity index (χ1) is 12.8. The normalized spacial score (nSPS) is 10.9. The fourth-order valence-electron chi connectivity index (χ4n) is 2.51. The highest BCUT2D eigenvalue weighted by Crippen LogP contribution is 2.27. The third-order valence-electron chi connectivity index (χ3n) is 3.72. The smallest absolute Gasteiger partial charge is 0.326 e. The summed E-state index contributed by atoms with van der Waals surface area (Å²) in [7, 11) is -4.02. The molecule has 1 amide bonds. The lowest BCUT2D eigenvalue weighted by Gasteiger charge is -2.25. The van der Waals surface area contributed by atoms with Crippen molar-refractivity contribution in [1.82, 2.24) is 0 Å². The summed E-state index contributed by atoms with van der Waals surface area (Å²) >= 11 is 0. The van der Waals surface area contributed by atoms with Crippen LogP contribution in [0.25, 0.3) is 0 Å². The summed E-state index contributed by atoms with van der Waals surface area (Å²) in [5.41, 5.74) is 1.59. The molecule has 0 aliphatic heterocycles. The summed E-state index contributed by atoms with van der Waals surface area (Å²) in [6.07, 6.45) is 0. The van der Waals surface area contributed by atoms with E-state index in [4.69, 9.17) is 4.74 Å². The predicted octanol–water partition coefficient (Wildman–Crippen LogP) is 2.71. The highest BCUT2D eigenvalue weighted by atomic mass is 32.2. The Balaban J connectivity index is 2.45. The lowest BCUT2D eigenvalue weighted by atomic mass is 10.2. The lowest BCUT2D eigenvalue weighted by molar-refractivity contribution is -0.141. The number of amides is 1. The number of carbonyl (C=O) groups excluding carboxylic acids is 2. The molecule has 144 valence electrons. The molecule has 0 saturated heterocycles. The standard InChI is InChI=1S/C19H22N2O5S/c1-4-26-19(23)13-21(18-8-6-5-7-14(18)2)27(24,25)17-11-9-16(10-12-17)20-15(3)22/h5-12H,4,13H2,1-3H3,(H,20,22). The molecule has 2 rings (SSSR count). The number of ether oxygens (including phenoxy) is 1. The van der Waals surface area contributed by atoms with Gasteiger partial charge in [-0.3, -0.25) is 13.9 Å². The van der Waals surface area contributed by atoms with E-state index in [1.54, 1.807) is 38.1 Å². The van der Waals surface area contributed by atoms with Crippen molar-refractivity contribution in [3.05, 3.63) is 54.1 Å². The quantitative estimate of drug-likeness (QED) is 0.734. The van der Waals surface area contributed by atoms with Gasteiger partial charge < -0.3 is 10.1 Å². The zero-order valence-corrected chi connectivity index (χ0v) is 16.2. The van der Waals surface area contributed by atoms with Gasteiger partial charge in [-0.1, -0.05) is 18.2 Å². The molecule has 2 aromatic rings. The van der Waals surface area contributed by atoms with E-state index in [0.29, 0.717) is 16.9 Å². The Morgan fingerprint density at radius 1 is 1.07 bits per heavy atom. The van der Waals surface area contributed by atoms with Gasteiger partial charge in [0.25, 0.3) is 10.0 Å². The van der Waals surface area contributed by atoms with Gasteiger partial charge in [0.15, 0.2) is 0 Å². The Kier molecular flexibility index (Phi) is 6.57. The van der Waals surface area contributed by atoms with E-state index >= 15 is 0 Å². The minimum absolute atomic E-state index is 0.00385. The van der Waals surface area contributed by atoms with E-state index in [1.807, 2.05) is 0 Å². The van der Waals surface area contributed by atoms with Gasteiger partial charge in [-0.05, 0) is 49.7 Å². The first-order valence-corrected chi connectivity index (χ1v) is 9.81. The van der Waals surface area contributed by atoms with E-state index < -0.39 is 22.5 Å². The maximum Gasteiger partial charge on any atom is 0.326 e. The highest BCUT2D eigenvalue weighted by Gasteiger charge is 2.28. The minimum atomic E-state index is -4.02. The first-order valence-electron chi connectivity index (χ1n) is 8.37. The Morgan fingerprint density at radius 2 is 1.70 bits per heavy atom. The molecule has 7 nitrogen and oxygen atoms in total. The Labute approximate surface area is 159 Å². The van der Waals surface area contributed by atoms with E-state index in [1.165, 1.54) is 31.2 Å². The highest BCUT2D eigenvalue weighted by molar-refractivity contribution is 7.92. The number of nitrogens with one attached hydrogen (secondary N) is 1. The molecule has 0 saturated carbocycles. The van der Waals surface area contributed by atoms with Crippen LogP contribution < -0.4 is 9.62 Å². The number of rotatable bonds is 7. The monoisotopic (exact) mass is 390 g/mol. The van der Waals surface area contributed by atoms with Crippen molar-refractivity contribution in [2.75, 3.05) is 22.8 Å². The Bertz CT molecular complexity index is 923. The first kappa shape index (κ1) is 20.4. The van der Waals surface area contributed by atoms with Crippen molar-refractivity contribution in [3.63, 3.8) is 0 Å². The molecule has 27 heavy (non-hydrogen) atoms. The van der Waals surface area contributed by atoms with Gasteiger partial charge in [0.05, 0.1) is 17.2 Å². The van der Waals surface area contributed by atoms with Crippen molar-refractivity contribution in [2.45, 2.75) is 25.7 Å². The number of aryl methyl sites for hydroxylation is 1. The number of para-hydroxylation sites is 1. The van der Waals surface area contributed by atoms with Crippen LogP contribution in [0.4, 0.5) is 11.4 Å². The summed E-state index contributed by atoms with van der Waals surface area (Å²) < 4.78 is 32.3. The molecule has 0 atom stereocenters. The van der Waals surface area contributed by atoms with Crippen LogP contribution in [0.1, 0.15) is 19.4 Å². The second kappa shape index (κ2) is 8.68. The fourth-order valence-corrected chi connectivity index (χ4v) is 3.98. The van der Waals surface area contributed by atoms with Crippen LogP contribution in [0.2, 0.25) is 0 Å². The van der Waals surface area contributed by atoms with Gasteiger partial charge in [-0.25, -0.2) is 8.42 Å². The zero-order chi connectivity index (χ0) is 20.0. The summed E-state index contributed by atoms with van der Waals surface area (Å²) in [6, 6.07) is 12.7. The largest absolute Gasteiger partial charge is 0.465 e. The number of benzene rings is 2. The molecule has 0 aliphatic rings. The predicted molar refractivity (Wildman–Crippen MR) is 103 cm³/mol. The molecule has 0 fully saturated rings. The van der Waals surface area contributed by atoms with Crippen LogP contribution in [0.3, 0.4) is 0 Å². The van der Waals surface area contributed by atoms with Crippen molar-refractivity contribution in [2.24, 2.45) is 0 Å². The number of anilines is 2. The van der Waals surface area contributed by atoms with Gasteiger partial charge in [0.1, 0.15) is 6.54 Å². The Hall–Kier alpha value is -2.87. The summed E-state index contributed by atoms with van der Waals surface area (Å²) in [6.45, 7) is 4.51. The van der Waals surface area contributed by atoms with Gasteiger partial charge >= 0.3 is 5.97 Å². The third kappa shape index (κ3) is 5.07. The van der Waals surface area contributed by atoms with E-state index in [-0.39, 0.29) is 17.4 Å². The number of carbonyl (C=O) groups is 2. The molecule has 0 spiro atoms. The molecule has 0 unspecified atom stereocenters. The molecule has 1 N–H and O–H groups in total. The van der Waals surface area contributed by atoms with Gasteiger partial charge in [-0.15, -0.1) is 0 Å². The van der Waals surface area contributed by atoms with Crippen molar-refractivity contribution >= 4 is 33.3 Å². The SMILES string of the molecule is CCOC(=O)CN(c1ccccc1C)S(=O)(=O)c1ccc(NC(C)=O)cc1. The van der Waals surface area contributed by atoms with Crippen molar-refractivity contribution in [3.8, 4) is 0 Å². The van der Waals surface area contributed by atoms with Gasteiger partial charge in [0.2, 0.25) is 5.91 Å². The number of esters is 1. The molecule has 0 radical (unpaired) electrons. The summed E-state index contributed by atoms with van der Waals surface area (Å²) in [4.78, 5) is 23.1. The topological polar surface area (TPSA) is 92.8 Å². The number of hydrogen-bond donors (Lipinski definition) is 1. The molecule has 0 aliphatic carbocycles. The molecule has 8 heteroatoms. The van der Waals surface area contributed by atoms with E-state index in [0.717, 1.165) is 4.31 Å². The number of sulfonamides is 1. The second-order valence-electron chi connectivity index (χ2n) is 5.81. The number of hydrogen-bond acceptors (Lipinski definition) is 5. The summed E-state index contributed by atoms with van der Waals surface area (Å²) in [5.74, 6) is -0.895.